The molecule has 0 aliphatic heterocycles. The van der Waals surface area contributed by atoms with E-state index in [0.29, 0.717) is 0 Å². The fourth-order valence-electron chi connectivity index (χ4n) is 1.61. The lowest BCUT2D eigenvalue weighted by molar-refractivity contribution is 0.305. The Bertz CT molecular complexity index is 308. The molecule has 1 aromatic rings. The lowest BCUT2D eigenvalue weighted by Crippen LogP contribution is -2.00. The highest BCUT2D eigenvalue weighted by atomic mass is 16.5. The van der Waals surface area contributed by atoms with E-state index in [4.69, 9.17) is 9.47 Å². The van der Waals surface area contributed by atoms with Crippen LogP contribution in [0.1, 0.15) is 38.7 Å². The molecule has 16 heavy (non-hydrogen) atoms. The van der Waals surface area contributed by atoms with Crippen molar-refractivity contribution < 1.29 is 9.47 Å². The van der Waals surface area contributed by atoms with Crippen molar-refractivity contribution >= 4 is 0 Å². The van der Waals surface area contributed by atoms with Crippen LogP contribution in [0.3, 0.4) is 0 Å². The van der Waals surface area contributed by atoms with Crippen LogP contribution < -0.4 is 9.47 Å². The summed E-state index contributed by atoms with van der Waals surface area (Å²) in [7, 11) is 1.70. The van der Waals surface area contributed by atoms with Gasteiger partial charge in [0.05, 0.1) is 13.7 Å². The van der Waals surface area contributed by atoms with E-state index < -0.39 is 0 Å². The van der Waals surface area contributed by atoms with Gasteiger partial charge in [-0.3, -0.25) is 0 Å². The molecule has 0 aliphatic rings. The van der Waals surface area contributed by atoms with E-state index in [0.717, 1.165) is 37.4 Å². The molecular weight excluding hydrogens is 200 g/mol. The van der Waals surface area contributed by atoms with Gasteiger partial charge in [-0.05, 0) is 36.6 Å². The van der Waals surface area contributed by atoms with Crippen LogP contribution in [0.15, 0.2) is 18.2 Å². The van der Waals surface area contributed by atoms with Gasteiger partial charge in [0.25, 0.3) is 0 Å². The predicted molar refractivity (Wildman–Crippen MR) is 67.4 cm³/mol. The number of hydrogen-bond donors (Lipinski definition) is 0. The van der Waals surface area contributed by atoms with Crippen LogP contribution in [0.4, 0.5) is 0 Å². The molecule has 0 atom stereocenters. The Labute approximate surface area is 98.6 Å². The molecule has 90 valence electrons. The molecule has 2 heteroatoms. The van der Waals surface area contributed by atoms with Crippen molar-refractivity contribution in [2.75, 3.05) is 13.7 Å². The Hall–Kier alpha value is -1.18. The van der Waals surface area contributed by atoms with Gasteiger partial charge in [0.15, 0.2) is 0 Å². The molecule has 1 rings (SSSR count). The van der Waals surface area contributed by atoms with Crippen molar-refractivity contribution in [3.05, 3.63) is 23.8 Å². The predicted octanol–water partition coefficient (Wildman–Crippen LogP) is 3.83. The zero-order chi connectivity index (χ0) is 11.8. The van der Waals surface area contributed by atoms with Gasteiger partial charge in [0.2, 0.25) is 0 Å². The zero-order valence-electron chi connectivity index (χ0n) is 10.6. The van der Waals surface area contributed by atoms with Crippen molar-refractivity contribution in [2.45, 2.75) is 39.5 Å². The number of methoxy groups -OCH3 is 1. The summed E-state index contributed by atoms with van der Waals surface area (Å²) < 4.78 is 11.0. The lowest BCUT2D eigenvalue weighted by Gasteiger charge is -2.12. The van der Waals surface area contributed by atoms with Crippen LogP contribution in [0.2, 0.25) is 0 Å². The molecule has 0 radical (unpaired) electrons. The Morgan fingerprint density at radius 3 is 2.56 bits per heavy atom. The molecule has 0 amide bonds. The highest BCUT2D eigenvalue weighted by Gasteiger charge is 2.04. The number of aryl methyl sites for hydroxylation is 1. The first-order valence-corrected chi connectivity index (χ1v) is 6.11. The van der Waals surface area contributed by atoms with Gasteiger partial charge in [-0.15, -0.1) is 0 Å². The Kier molecular flexibility index (Phi) is 5.76. The Morgan fingerprint density at radius 2 is 1.94 bits per heavy atom. The second-order valence-electron chi connectivity index (χ2n) is 3.93. The molecule has 0 fully saturated rings. The fraction of sp³-hybridized carbons (Fsp3) is 0.571. The largest absolute Gasteiger partial charge is 0.497 e. The van der Waals surface area contributed by atoms with Crippen LogP contribution in [0.25, 0.3) is 0 Å². The second-order valence-corrected chi connectivity index (χ2v) is 3.93. The van der Waals surface area contributed by atoms with Crippen molar-refractivity contribution in [3.63, 3.8) is 0 Å². The molecule has 0 spiro atoms. The molecule has 0 aliphatic carbocycles. The molecule has 0 aromatic heterocycles. The topological polar surface area (TPSA) is 18.5 Å². The average Bonchev–Trinajstić information content (AvgIpc) is 2.31. The smallest absolute Gasteiger partial charge is 0.122 e. The first-order valence-electron chi connectivity index (χ1n) is 6.11. The maximum Gasteiger partial charge on any atom is 0.122 e. The van der Waals surface area contributed by atoms with Crippen molar-refractivity contribution in [3.8, 4) is 11.5 Å². The summed E-state index contributed by atoms with van der Waals surface area (Å²) in [4.78, 5) is 0. The molecule has 0 bridgehead atoms. The van der Waals surface area contributed by atoms with Crippen molar-refractivity contribution in [1.82, 2.24) is 0 Å². The van der Waals surface area contributed by atoms with Crippen molar-refractivity contribution in [2.24, 2.45) is 0 Å². The van der Waals surface area contributed by atoms with E-state index in [1.165, 1.54) is 12.0 Å². The monoisotopic (exact) mass is 222 g/mol. The molecule has 2 nitrogen and oxygen atoms in total. The first-order chi connectivity index (χ1) is 7.81. The van der Waals surface area contributed by atoms with E-state index in [9.17, 15) is 0 Å². The summed E-state index contributed by atoms with van der Waals surface area (Å²) in [5.41, 5.74) is 1.25. The van der Waals surface area contributed by atoms with E-state index in [2.05, 4.69) is 19.9 Å². The number of ether oxygens (including phenoxy) is 2. The normalized spacial score (nSPS) is 10.2. The Morgan fingerprint density at radius 1 is 1.12 bits per heavy atom. The van der Waals surface area contributed by atoms with Crippen LogP contribution in [-0.4, -0.2) is 13.7 Å². The molecule has 0 saturated heterocycles. The van der Waals surface area contributed by atoms with Gasteiger partial charge in [0.1, 0.15) is 11.5 Å². The summed E-state index contributed by atoms with van der Waals surface area (Å²) >= 11 is 0. The quantitative estimate of drug-likeness (QED) is 0.653. The molecule has 0 saturated carbocycles. The maximum absolute atomic E-state index is 5.77. The minimum atomic E-state index is 0.805. The van der Waals surface area contributed by atoms with Crippen molar-refractivity contribution in [1.29, 1.82) is 0 Å². The third-order valence-corrected chi connectivity index (χ3v) is 2.54. The maximum atomic E-state index is 5.77. The summed E-state index contributed by atoms with van der Waals surface area (Å²) in [6, 6.07) is 6.05. The fourth-order valence-corrected chi connectivity index (χ4v) is 1.61. The summed E-state index contributed by atoms with van der Waals surface area (Å²) in [5.74, 6) is 1.92. The summed E-state index contributed by atoms with van der Waals surface area (Å²) in [5, 5.41) is 0. The van der Waals surface area contributed by atoms with E-state index >= 15 is 0 Å². The minimum absolute atomic E-state index is 0.805. The standard InChI is InChI=1S/C14H22O2/c1-4-6-10-16-14-9-8-13(15-3)11-12(14)7-5-2/h8-9,11H,4-7,10H2,1-3H3. The molecule has 0 unspecified atom stereocenters. The van der Waals surface area contributed by atoms with Crippen LogP contribution in [0, 0.1) is 0 Å². The summed E-state index contributed by atoms with van der Waals surface area (Å²) in [6.07, 6.45) is 4.44. The van der Waals surface area contributed by atoms with E-state index in [1.54, 1.807) is 7.11 Å². The third-order valence-electron chi connectivity index (χ3n) is 2.54. The number of unbranched alkanes of at least 4 members (excludes halogenated alkanes) is 1. The molecule has 1 aromatic carbocycles. The zero-order valence-corrected chi connectivity index (χ0v) is 10.6. The first kappa shape index (κ1) is 12.9. The van der Waals surface area contributed by atoms with Crippen LogP contribution in [-0.2, 0) is 6.42 Å². The van der Waals surface area contributed by atoms with Crippen LogP contribution >= 0.6 is 0 Å². The minimum Gasteiger partial charge on any atom is -0.497 e. The molecule has 0 heterocycles. The second kappa shape index (κ2) is 7.15. The number of hydrogen-bond acceptors (Lipinski definition) is 2. The summed E-state index contributed by atoms with van der Waals surface area (Å²) in [6.45, 7) is 5.15. The number of rotatable bonds is 7. The van der Waals surface area contributed by atoms with Gasteiger partial charge < -0.3 is 9.47 Å². The molecule has 0 N–H and O–H groups in total. The van der Waals surface area contributed by atoms with Gasteiger partial charge in [-0.1, -0.05) is 26.7 Å². The van der Waals surface area contributed by atoms with Gasteiger partial charge >= 0.3 is 0 Å². The van der Waals surface area contributed by atoms with Gasteiger partial charge in [-0.25, -0.2) is 0 Å². The Balaban J connectivity index is 2.72. The molecular formula is C14H22O2. The highest BCUT2D eigenvalue weighted by Crippen LogP contribution is 2.25. The number of benzene rings is 1. The van der Waals surface area contributed by atoms with Gasteiger partial charge in [0, 0.05) is 0 Å². The van der Waals surface area contributed by atoms with E-state index in [-0.39, 0.29) is 0 Å². The lowest BCUT2D eigenvalue weighted by atomic mass is 10.1. The highest BCUT2D eigenvalue weighted by molar-refractivity contribution is 5.40. The average molecular weight is 222 g/mol. The van der Waals surface area contributed by atoms with Gasteiger partial charge in [-0.2, -0.15) is 0 Å². The SMILES string of the molecule is CCCCOc1ccc(OC)cc1CCC. The third kappa shape index (κ3) is 3.76. The van der Waals surface area contributed by atoms with Crippen LogP contribution in [0.5, 0.6) is 11.5 Å². The van der Waals surface area contributed by atoms with E-state index in [1.807, 2.05) is 12.1 Å².